The van der Waals surface area contributed by atoms with Crippen molar-refractivity contribution in [2.24, 2.45) is 5.92 Å². The fourth-order valence-electron chi connectivity index (χ4n) is 1.97. The van der Waals surface area contributed by atoms with Crippen molar-refractivity contribution >= 4 is 21.8 Å². The zero-order chi connectivity index (χ0) is 12.5. The fourth-order valence-corrected chi connectivity index (χ4v) is 2.20. The first-order chi connectivity index (χ1) is 8.26. The second-order valence-corrected chi connectivity index (χ2v) is 5.06. The van der Waals surface area contributed by atoms with Gasteiger partial charge in [0.2, 0.25) is 5.91 Å². The molecule has 4 nitrogen and oxygen atoms in total. The standard InChI is InChI=1S/C12H22BrNO3/c1-2-17-11-7-10(8-11)9-12(15)14-4-6-16-5-3-13/h10-11H,2-9H2,1H3,(H,14,15). The first kappa shape index (κ1) is 14.9. The molecule has 1 fully saturated rings. The Balaban J connectivity index is 1.92. The Labute approximate surface area is 112 Å². The predicted molar refractivity (Wildman–Crippen MR) is 70.4 cm³/mol. The Morgan fingerprint density at radius 1 is 1.41 bits per heavy atom. The van der Waals surface area contributed by atoms with Crippen LogP contribution in [0.5, 0.6) is 0 Å². The van der Waals surface area contributed by atoms with Gasteiger partial charge in [-0.25, -0.2) is 0 Å². The number of hydrogen-bond donors (Lipinski definition) is 1. The quantitative estimate of drug-likeness (QED) is 0.521. The van der Waals surface area contributed by atoms with Crippen LogP contribution in [0.1, 0.15) is 26.2 Å². The second-order valence-electron chi connectivity index (χ2n) is 4.27. The van der Waals surface area contributed by atoms with Crippen molar-refractivity contribution in [2.45, 2.75) is 32.3 Å². The van der Waals surface area contributed by atoms with E-state index in [1.54, 1.807) is 0 Å². The predicted octanol–water partition coefficient (Wildman–Crippen LogP) is 1.72. The van der Waals surface area contributed by atoms with Crippen LogP contribution in [0, 0.1) is 5.92 Å². The zero-order valence-electron chi connectivity index (χ0n) is 10.4. The van der Waals surface area contributed by atoms with Crippen molar-refractivity contribution in [1.29, 1.82) is 0 Å². The van der Waals surface area contributed by atoms with Crippen LogP contribution in [0.2, 0.25) is 0 Å². The minimum Gasteiger partial charge on any atom is -0.379 e. The highest BCUT2D eigenvalue weighted by Crippen LogP contribution is 2.32. The van der Waals surface area contributed by atoms with Gasteiger partial charge in [0.05, 0.1) is 19.3 Å². The van der Waals surface area contributed by atoms with E-state index in [-0.39, 0.29) is 5.91 Å². The van der Waals surface area contributed by atoms with Crippen molar-refractivity contribution < 1.29 is 14.3 Å². The Hall–Kier alpha value is -0.130. The van der Waals surface area contributed by atoms with Gasteiger partial charge in [-0.2, -0.15) is 0 Å². The second kappa shape index (κ2) is 8.89. The molecule has 0 saturated heterocycles. The maximum atomic E-state index is 11.5. The van der Waals surface area contributed by atoms with E-state index in [4.69, 9.17) is 9.47 Å². The summed E-state index contributed by atoms with van der Waals surface area (Å²) in [5, 5.41) is 3.70. The number of alkyl halides is 1. The number of ether oxygens (including phenoxy) is 2. The molecule has 100 valence electrons. The molecule has 1 N–H and O–H groups in total. The number of amides is 1. The number of carbonyl (C=O) groups excluding carboxylic acids is 1. The SMILES string of the molecule is CCOC1CC(CC(=O)NCCOCCBr)C1. The van der Waals surface area contributed by atoms with Gasteiger partial charge in [-0.15, -0.1) is 0 Å². The van der Waals surface area contributed by atoms with Crippen LogP contribution in [-0.4, -0.2) is 43.7 Å². The molecular weight excluding hydrogens is 286 g/mol. The largest absolute Gasteiger partial charge is 0.379 e. The molecule has 0 aromatic heterocycles. The molecule has 1 aliphatic carbocycles. The molecule has 0 atom stereocenters. The lowest BCUT2D eigenvalue weighted by Gasteiger charge is -2.34. The smallest absolute Gasteiger partial charge is 0.220 e. The molecule has 0 unspecified atom stereocenters. The van der Waals surface area contributed by atoms with E-state index in [1.807, 2.05) is 6.92 Å². The average molecular weight is 308 g/mol. The molecule has 0 bridgehead atoms. The van der Waals surface area contributed by atoms with E-state index in [9.17, 15) is 4.79 Å². The van der Waals surface area contributed by atoms with Gasteiger partial charge in [0.25, 0.3) is 0 Å². The van der Waals surface area contributed by atoms with E-state index in [0.717, 1.165) is 24.8 Å². The van der Waals surface area contributed by atoms with E-state index in [1.165, 1.54) is 0 Å². The highest BCUT2D eigenvalue weighted by molar-refractivity contribution is 9.09. The molecule has 0 spiro atoms. The lowest BCUT2D eigenvalue weighted by atomic mass is 9.80. The first-order valence-corrected chi connectivity index (χ1v) is 7.40. The molecule has 1 amide bonds. The van der Waals surface area contributed by atoms with Crippen molar-refractivity contribution in [1.82, 2.24) is 5.32 Å². The number of rotatable bonds is 9. The molecular formula is C12H22BrNO3. The summed E-state index contributed by atoms with van der Waals surface area (Å²) in [4.78, 5) is 11.5. The number of hydrogen-bond acceptors (Lipinski definition) is 3. The molecule has 1 rings (SSSR count). The summed E-state index contributed by atoms with van der Waals surface area (Å²) in [6, 6.07) is 0. The number of nitrogens with one attached hydrogen (secondary N) is 1. The number of carbonyl (C=O) groups is 1. The van der Waals surface area contributed by atoms with Gasteiger partial charge in [-0.05, 0) is 25.7 Å². The topological polar surface area (TPSA) is 47.6 Å². The Morgan fingerprint density at radius 3 is 2.82 bits per heavy atom. The Kier molecular flexibility index (Phi) is 7.81. The van der Waals surface area contributed by atoms with Crippen LogP contribution in [0.25, 0.3) is 0 Å². The third kappa shape index (κ3) is 6.38. The van der Waals surface area contributed by atoms with Gasteiger partial charge >= 0.3 is 0 Å². The Bertz CT molecular complexity index is 220. The van der Waals surface area contributed by atoms with Gasteiger partial charge < -0.3 is 14.8 Å². The first-order valence-electron chi connectivity index (χ1n) is 6.28. The van der Waals surface area contributed by atoms with E-state index >= 15 is 0 Å². The summed E-state index contributed by atoms with van der Waals surface area (Å²) in [6.07, 6.45) is 3.07. The maximum Gasteiger partial charge on any atom is 0.220 e. The molecule has 0 aromatic carbocycles. The summed E-state index contributed by atoms with van der Waals surface area (Å²) in [7, 11) is 0. The van der Waals surface area contributed by atoms with E-state index in [0.29, 0.717) is 38.2 Å². The Morgan fingerprint density at radius 2 is 2.18 bits per heavy atom. The third-order valence-corrected chi connectivity index (χ3v) is 3.18. The molecule has 0 aromatic rings. The zero-order valence-corrected chi connectivity index (χ0v) is 12.0. The van der Waals surface area contributed by atoms with Crippen molar-refractivity contribution in [2.75, 3.05) is 31.7 Å². The molecule has 1 saturated carbocycles. The summed E-state index contributed by atoms with van der Waals surface area (Å²) in [5.41, 5.74) is 0. The van der Waals surface area contributed by atoms with Crippen LogP contribution in [0.3, 0.4) is 0 Å². The monoisotopic (exact) mass is 307 g/mol. The van der Waals surface area contributed by atoms with Gasteiger partial charge in [0.1, 0.15) is 0 Å². The molecule has 0 radical (unpaired) electrons. The summed E-state index contributed by atoms with van der Waals surface area (Å²) in [5.74, 6) is 0.641. The van der Waals surface area contributed by atoms with Gasteiger partial charge in [-0.1, -0.05) is 15.9 Å². The minimum atomic E-state index is 0.132. The van der Waals surface area contributed by atoms with Crippen LogP contribution >= 0.6 is 15.9 Å². The van der Waals surface area contributed by atoms with Gasteiger partial charge in [-0.3, -0.25) is 4.79 Å². The lowest BCUT2D eigenvalue weighted by Crippen LogP contribution is -2.36. The van der Waals surface area contributed by atoms with Crippen LogP contribution < -0.4 is 5.32 Å². The molecule has 5 heteroatoms. The van der Waals surface area contributed by atoms with E-state index in [2.05, 4.69) is 21.2 Å². The van der Waals surface area contributed by atoms with Crippen molar-refractivity contribution in [3.05, 3.63) is 0 Å². The lowest BCUT2D eigenvalue weighted by molar-refractivity contribution is -0.124. The molecule has 0 aliphatic heterocycles. The van der Waals surface area contributed by atoms with Crippen LogP contribution in [0.4, 0.5) is 0 Å². The third-order valence-electron chi connectivity index (χ3n) is 2.86. The summed E-state index contributed by atoms with van der Waals surface area (Å²) in [6.45, 7) is 4.66. The summed E-state index contributed by atoms with van der Waals surface area (Å²) < 4.78 is 10.7. The summed E-state index contributed by atoms with van der Waals surface area (Å²) >= 11 is 3.27. The van der Waals surface area contributed by atoms with Crippen LogP contribution in [0.15, 0.2) is 0 Å². The minimum absolute atomic E-state index is 0.132. The average Bonchev–Trinajstić information content (AvgIpc) is 2.26. The normalized spacial score (nSPS) is 23.2. The number of halogens is 1. The molecule has 17 heavy (non-hydrogen) atoms. The van der Waals surface area contributed by atoms with Gasteiger partial charge in [0, 0.05) is 24.9 Å². The maximum absolute atomic E-state index is 11.5. The van der Waals surface area contributed by atoms with E-state index < -0.39 is 0 Å². The van der Waals surface area contributed by atoms with Crippen LogP contribution in [-0.2, 0) is 14.3 Å². The fraction of sp³-hybridized carbons (Fsp3) is 0.917. The van der Waals surface area contributed by atoms with Crippen molar-refractivity contribution in [3.63, 3.8) is 0 Å². The molecule has 0 heterocycles. The van der Waals surface area contributed by atoms with Crippen molar-refractivity contribution in [3.8, 4) is 0 Å². The highest BCUT2D eigenvalue weighted by Gasteiger charge is 2.30. The molecule has 1 aliphatic rings. The van der Waals surface area contributed by atoms with Gasteiger partial charge in [0.15, 0.2) is 0 Å². The highest BCUT2D eigenvalue weighted by atomic mass is 79.9.